The Morgan fingerprint density at radius 3 is 2.55 bits per heavy atom. The van der Waals surface area contributed by atoms with Crippen LogP contribution in [-0.4, -0.2) is 29.5 Å². The van der Waals surface area contributed by atoms with Gasteiger partial charge in [0.05, 0.1) is 29.1 Å². The molecule has 0 aliphatic carbocycles. The van der Waals surface area contributed by atoms with Gasteiger partial charge in [0.1, 0.15) is 12.1 Å². The van der Waals surface area contributed by atoms with E-state index in [1.165, 1.54) is 25.6 Å². The number of para-hydroxylation sites is 1. The zero-order valence-corrected chi connectivity index (χ0v) is 21.4. The van der Waals surface area contributed by atoms with E-state index >= 15 is 0 Å². The zero-order valence-electron chi connectivity index (χ0n) is 21.4. The molecule has 3 aromatic carbocycles. The van der Waals surface area contributed by atoms with Crippen LogP contribution in [0.1, 0.15) is 30.4 Å². The summed E-state index contributed by atoms with van der Waals surface area (Å²) in [6.45, 7) is 0.628. The minimum Gasteiger partial charge on any atom is -0.438 e. The second-order valence-electron chi connectivity index (χ2n) is 8.98. The number of nitrogens with zero attached hydrogens (tertiary/aromatic N) is 2. The van der Waals surface area contributed by atoms with Gasteiger partial charge in [-0.25, -0.2) is 9.97 Å². The number of halogens is 3. The van der Waals surface area contributed by atoms with E-state index in [1.807, 2.05) is 0 Å². The highest BCUT2D eigenvalue weighted by molar-refractivity contribution is 6.26. The number of aromatic nitrogens is 2. The van der Waals surface area contributed by atoms with Crippen molar-refractivity contribution < 1.29 is 32.5 Å². The molecule has 1 amide bonds. The third-order valence-corrected chi connectivity index (χ3v) is 6.28. The lowest BCUT2D eigenvalue weighted by Crippen LogP contribution is -2.25. The largest absolute Gasteiger partial charge is 0.438 e. The number of hydrogen-bond acceptors (Lipinski definition) is 7. The van der Waals surface area contributed by atoms with E-state index in [2.05, 4.69) is 25.5 Å². The molecule has 206 valence electrons. The predicted molar refractivity (Wildman–Crippen MR) is 143 cm³/mol. The van der Waals surface area contributed by atoms with E-state index in [0.717, 1.165) is 18.9 Å². The molecule has 40 heavy (non-hydrogen) atoms. The van der Waals surface area contributed by atoms with E-state index < -0.39 is 23.4 Å². The van der Waals surface area contributed by atoms with Crippen LogP contribution in [0.15, 0.2) is 78.8 Å². The third-order valence-electron chi connectivity index (χ3n) is 6.28. The number of anilines is 1. The second-order valence-corrected chi connectivity index (χ2v) is 8.98. The molecule has 1 saturated heterocycles. The molecule has 2 heterocycles. The van der Waals surface area contributed by atoms with E-state index in [0.29, 0.717) is 41.0 Å². The number of allylic oxidation sites excluding steroid dienone is 1. The number of carbonyl (C=O) groups excluding carboxylic acids is 1. The molecule has 4 aromatic rings. The Morgan fingerprint density at radius 1 is 1.00 bits per heavy atom. The van der Waals surface area contributed by atoms with Crippen molar-refractivity contribution in [2.75, 3.05) is 19.0 Å². The molecule has 0 saturated carbocycles. The zero-order chi connectivity index (χ0) is 28.1. The van der Waals surface area contributed by atoms with Gasteiger partial charge in [-0.15, -0.1) is 0 Å². The normalized spacial score (nSPS) is 14.8. The average Bonchev–Trinajstić information content (AvgIpc) is 2.95. The van der Waals surface area contributed by atoms with Crippen LogP contribution in [0.2, 0.25) is 0 Å². The van der Waals surface area contributed by atoms with Gasteiger partial charge < -0.3 is 20.3 Å². The smallest absolute Gasteiger partial charge is 0.420 e. The first-order valence-electron chi connectivity index (χ1n) is 12.5. The van der Waals surface area contributed by atoms with E-state index in [9.17, 15) is 18.0 Å². The van der Waals surface area contributed by atoms with Crippen molar-refractivity contribution in [3.8, 4) is 17.4 Å². The van der Waals surface area contributed by atoms with Gasteiger partial charge in [0.2, 0.25) is 5.88 Å². The molecule has 0 radical (unpaired) electrons. The Labute approximate surface area is 227 Å². The first-order valence-corrected chi connectivity index (χ1v) is 12.5. The van der Waals surface area contributed by atoms with Crippen molar-refractivity contribution in [1.82, 2.24) is 15.3 Å². The molecule has 0 unspecified atom stereocenters. The number of amides is 1. The molecule has 1 aromatic heterocycles. The van der Waals surface area contributed by atoms with Crippen molar-refractivity contribution in [1.29, 1.82) is 0 Å². The number of hydrogen-bond donors (Lipinski definition) is 2. The summed E-state index contributed by atoms with van der Waals surface area (Å²) < 4.78 is 48.8. The van der Waals surface area contributed by atoms with Crippen molar-refractivity contribution in [3.05, 3.63) is 89.9 Å². The maximum atomic E-state index is 14.4. The Bertz CT molecular complexity index is 1550. The third kappa shape index (κ3) is 5.99. The van der Waals surface area contributed by atoms with Crippen LogP contribution in [0.4, 0.5) is 18.9 Å². The number of benzene rings is 3. The topological polar surface area (TPSA) is 94.6 Å². The number of alkyl halides is 3. The Balaban J connectivity index is 1.55. The van der Waals surface area contributed by atoms with Crippen molar-refractivity contribution in [2.45, 2.75) is 25.4 Å². The van der Waals surface area contributed by atoms with Gasteiger partial charge in [0, 0.05) is 24.0 Å². The highest BCUT2D eigenvalue weighted by Crippen LogP contribution is 2.41. The van der Waals surface area contributed by atoms with Gasteiger partial charge in [-0.05, 0) is 61.2 Å². The van der Waals surface area contributed by atoms with E-state index in [-0.39, 0.29) is 17.0 Å². The van der Waals surface area contributed by atoms with Crippen LogP contribution in [0.3, 0.4) is 0 Å². The molecule has 1 aliphatic heterocycles. The molecule has 8 nitrogen and oxygen atoms in total. The molecule has 2 N–H and O–H groups in total. The lowest BCUT2D eigenvalue weighted by molar-refractivity contribution is -0.178. The van der Waals surface area contributed by atoms with Gasteiger partial charge in [0.15, 0.2) is 5.75 Å². The quantitative estimate of drug-likeness (QED) is 0.154. The summed E-state index contributed by atoms with van der Waals surface area (Å²) in [6.07, 6.45) is -1.33. The van der Waals surface area contributed by atoms with Crippen LogP contribution in [0.25, 0.3) is 16.5 Å². The maximum Gasteiger partial charge on any atom is 0.420 e. The minimum atomic E-state index is -4.78. The molecular formula is C29H25F3N4O4. The average molecular weight is 551 g/mol. The van der Waals surface area contributed by atoms with Gasteiger partial charge in [-0.3, -0.25) is 4.79 Å². The summed E-state index contributed by atoms with van der Waals surface area (Å²) in [5.74, 6) is -0.682. The Morgan fingerprint density at radius 2 is 1.82 bits per heavy atom. The number of piperidine rings is 1. The molecular weight excluding hydrogens is 525 g/mol. The lowest BCUT2D eigenvalue weighted by Gasteiger charge is -2.22. The summed E-state index contributed by atoms with van der Waals surface area (Å²) in [5.41, 5.74) is 0.741. The molecule has 0 atom stereocenters. The van der Waals surface area contributed by atoms with Crippen LogP contribution < -0.4 is 20.3 Å². The van der Waals surface area contributed by atoms with Gasteiger partial charge in [-0.2, -0.15) is 18.1 Å². The highest BCUT2D eigenvalue weighted by Gasteiger charge is 2.36. The summed E-state index contributed by atoms with van der Waals surface area (Å²) in [4.78, 5) is 31.2. The Hall–Kier alpha value is -4.64. The van der Waals surface area contributed by atoms with Crippen LogP contribution in [0.5, 0.6) is 17.4 Å². The lowest BCUT2D eigenvalue weighted by atomic mass is 9.95. The van der Waals surface area contributed by atoms with Crippen LogP contribution in [0, 0.1) is 0 Å². The number of fused-ring (bicyclic) bond motifs is 1. The second kappa shape index (κ2) is 11.6. The fraction of sp³-hybridized carbons (Fsp3) is 0.207. The van der Waals surface area contributed by atoms with Gasteiger partial charge in [0.25, 0.3) is 5.91 Å². The first kappa shape index (κ1) is 26.9. The summed E-state index contributed by atoms with van der Waals surface area (Å²) in [5, 5.41) is 6.37. The van der Waals surface area contributed by atoms with Gasteiger partial charge in [-0.1, -0.05) is 24.3 Å². The minimum absolute atomic E-state index is 0.0680. The van der Waals surface area contributed by atoms with E-state index in [1.54, 1.807) is 48.5 Å². The fourth-order valence-electron chi connectivity index (χ4n) is 4.47. The van der Waals surface area contributed by atoms with E-state index in [4.69, 9.17) is 9.62 Å². The summed E-state index contributed by atoms with van der Waals surface area (Å²) in [7, 11) is 1.35. The van der Waals surface area contributed by atoms with Crippen molar-refractivity contribution in [3.63, 3.8) is 0 Å². The fourth-order valence-corrected chi connectivity index (χ4v) is 4.47. The standard InChI is InChI=1S/C29H25F3N4O4/c1-38-40-20-11-12-21-24(16-20)34-17-35-28(21)39-25-13-10-18(15-22(25)29(30,31)32)26(23-9-5-6-14-33-23)27(37)36-19-7-3-2-4-8-19/h2-4,7-8,10-13,15-17,33H,5-6,9,14H2,1H3,(H,36,37)/b26-23-. The summed E-state index contributed by atoms with van der Waals surface area (Å²) in [6, 6.07) is 17.0. The first-order chi connectivity index (χ1) is 19.3. The highest BCUT2D eigenvalue weighted by atomic mass is 19.4. The summed E-state index contributed by atoms with van der Waals surface area (Å²) >= 11 is 0. The SMILES string of the molecule is COOc1ccc2c(Oc3ccc(/C(C(=O)Nc4ccccc4)=C4\CCCCN4)cc3C(F)(F)F)ncnc2c1. The molecule has 11 heteroatoms. The molecule has 5 rings (SSSR count). The van der Waals surface area contributed by atoms with Crippen molar-refractivity contribution >= 4 is 28.1 Å². The number of carbonyl (C=O) groups is 1. The monoisotopic (exact) mass is 550 g/mol. The van der Waals surface area contributed by atoms with Gasteiger partial charge >= 0.3 is 6.18 Å². The van der Waals surface area contributed by atoms with Crippen LogP contribution >= 0.6 is 0 Å². The molecule has 0 spiro atoms. The Kier molecular flexibility index (Phi) is 7.83. The molecule has 0 bridgehead atoms. The van der Waals surface area contributed by atoms with Crippen LogP contribution in [-0.2, 0) is 15.9 Å². The molecule has 1 aliphatic rings. The molecule has 1 fully saturated rings. The predicted octanol–water partition coefficient (Wildman–Crippen LogP) is 6.50. The maximum absolute atomic E-state index is 14.4. The van der Waals surface area contributed by atoms with Crippen molar-refractivity contribution in [2.24, 2.45) is 0 Å². The number of ether oxygens (including phenoxy) is 1. The number of rotatable bonds is 7. The number of nitrogens with one attached hydrogen (secondary N) is 2.